The molecule has 1 amide bonds. The van der Waals surface area contributed by atoms with Crippen LogP contribution in [0.5, 0.6) is 5.75 Å². The minimum absolute atomic E-state index is 0.0119. The molecule has 3 rings (SSSR count). The van der Waals surface area contributed by atoms with E-state index in [1.165, 1.54) is 0 Å². The summed E-state index contributed by atoms with van der Waals surface area (Å²) in [7, 11) is 0. The van der Waals surface area contributed by atoms with Gasteiger partial charge < -0.3 is 14.7 Å². The number of hydrogen-bond acceptors (Lipinski definition) is 5. The van der Waals surface area contributed by atoms with Crippen molar-refractivity contribution in [3.63, 3.8) is 0 Å². The van der Waals surface area contributed by atoms with E-state index >= 15 is 0 Å². The first-order chi connectivity index (χ1) is 11.7. The maximum atomic E-state index is 12.3. The van der Waals surface area contributed by atoms with E-state index < -0.39 is 0 Å². The molecule has 1 aromatic carbocycles. The minimum Gasteiger partial charge on any atom is -0.484 e. The molecule has 1 aromatic rings. The van der Waals surface area contributed by atoms with Gasteiger partial charge in [0, 0.05) is 32.2 Å². The van der Waals surface area contributed by atoms with Crippen LogP contribution in [0, 0.1) is 11.3 Å². The van der Waals surface area contributed by atoms with E-state index in [1.807, 2.05) is 11.0 Å². The van der Waals surface area contributed by atoms with Gasteiger partial charge in [-0.2, -0.15) is 5.26 Å². The highest BCUT2D eigenvalue weighted by Gasteiger charge is 2.33. The van der Waals surface area contributed by atoms with E-state index in [4.69, 9.17) is 10.00 Å². The Bertz CT molecular complexity index is 603. The number of nitrogens with zero attached hydrogens (tertiary/aromatic N) is 3. The van der Waals surface area contributed by atoms with Crippen LogP contribution in [0.3, 0.4) is 0 Å². The summed E-state index contributed by atoms with van der Waals surface area (Å²) in [5, 5.41) is 18.8. The number of hydrogen-bond donors (Lipinski definition) is 1. The predicted octanol–water partition coefficient (Wildman–Crippen LogP) is 0.995. The zero-order chi connectivity index (χ0) is 16.9. The molecular formula is C18H23N3O3. The van der Waals surface area contributed by atoms with Gasteiger partial charge in [0.2, 0.25) is 0 Å². The topological polar surface area (TPSA) is 76.8 Å². The Morgan fingerprint density at radius 2 is 1.92 bits per heavy atom. The molecule has 1 saturated carbocycles. The molecule has 2 fully saturated rings. The van der Waals surface area contributed by atoms with Crippen LogP contribution in [0.1, 0.15) is 24.8 Å². The Kier molecular flexibility index (Phi) is 5.34. The number of rotatable bonds is 4. The standard InChI is InChI=1S/C18H23N3O3/c19-12-14-4-6-15(7-5-14)24-13-18(23)21-10-8-20(9-11-21)16-2-1-3-17(16)22/h4-7,16-17,22H,1-3,8-11,13H2/t16-,17+/m0/s1. The number of carbonyl (C=O) groups excluding carboxylic acids is 1. The van der Waals surface area contributed by atoms with E-state index in [1.54, 1.807) is 24.3 Å². The second-order valence-electron chi connectivity index (χ2n) is 6.41. The second kappa shape index (κ2) is 7.65. The molecule has 128 valence electrons. The molecule has 1 aliphatic carbocycles. The average Bonchev–Trinajstić information content (AvgIpc) is 3.06. The van der Waals surface area contributed by atoms with Crippen molar-refractivity contribution in [2.24, 2.45) is 0 Å². The summed E-state index contributed by atoms with van der Waals surface area (Å²) in [6, 6.07) is 9.05. The van der Waals surface area contributed by atoms with Crippen molar-refractivity contribution < 1.29 is 14.6 Å². The molecule has 2 aliphatic rings. The van der Waals surface area contributed by atoms with Crippen LogP contribution in [0.15, 0.2) is 24.3 Å². The van der Waals surface area contributed by atoms with Crippen molar-refractivity contribution in [2.75, 3.05) is 32.8 Å². The van der Waals surface area contributed by atoms with Gasteiger partial charge in [-0.1, -0.05) is 0 Å². The summed E-state index contributed by atoms with van der Waals surface area (Å²) in [5.41, 5.74) is 0.568. The van der Waals surface area contributed by atoms with Crippen molar-refractivity contribution in [1.29, 1.82) is 5.26 Å². The second-order valence-corrected chi connectivity index (χ2v) is 6.41. The third-order valence-electron chi connectivity index (χ3n) is 4.93. The molecule has 0 radical (unpaired) electrons. The number of nitriles is 1. The summed E-state index contributed by atoms with van der Waals surface area (Å²) in [5.74, 6) is 0.570. The Labute approximate surface area is 142 Å². The first-order valence-corrected chi connectivity index (χ1v) is 8.50. The molecular weight excluding hydrogens is 306 g/mol. The highest BCUT2D eigenvalue weighted by Crippen LogP contribution is 2.25. The average molecular weight is 329 g/mol. The van der Waals surface area contributed by atoms with Crippen LogP contribution in [-0.2, 0) is 4.79 Å². The Morgan fingerprint density at radius 1 is 1.21 bits per heavy atom. The van der Waals surface area contributed by atoms with Crippen molar-refractivity contribution in [1.82, 2.24) is 9.80 Å². The first kappa shape index (κ1) is 16.7. The number of carbonyl (C=O) groups is 1. The zero-order valence-electron chi connectivity index (χ0n) is 13.7. The molecule has 0 aromatic heterocycles. The van der Waals surface area contributed by atoms with Gasteiger partial charge in [-0.15, -0.1) is 0 Å². The van der Waals surface area contributed by atoms with Crippen LogP contribution in [-0.4, -0.2) is 65.7 Å². The van der Waals surface area contributed by atoms with Crippen molar-refractivity contribution in [2.45, 2.75) is 31.4 Å². The van der Waals surface area contributed by atoms with Crippen molar-refractivity contribution in [3.8, 4) is 11.8 Å². The van der Waals surface area contributed by atoms with Crippen LogP contribution < -0.4 is 4.74 Å². The zero-order valence-corrected chi connectivity index (χ0v) is 13.7. The molecule has 1 heterocycles. The van der Waals surface area contributed by atoms with Crippen molar-refractivity contribution in [3.05, 3.63) is 29.8 Å². The summed E-state index contributed by atoms with van der Waals surface area (Å²) in [6.07, 6.45) is 2.81. The lowest BCUT2D eigenvalue weighted by Crippen LogP contribution is -2.54. The quantitative estimate of drug-likeness (QED) is 0.891. The number of piperazine rings is 1. The van der Waals surface area contributed by atoms with Crippen molar-refractivity contribution >= 4 is 5.91 Å². The van der Waals surface area contributed by atoms with Crippen LogP contribution in [0.25, 0.3) is 0 Å². The van der Waals surface area contributed by atoms with E-state index in [-0.39, 0.29) is 24.7 Å². The molecule has 1 N–H and O–H groups in total. The molecule has 2 atom stereocenters. The molecule has 1 saturated heterocycles. The van der Waals surface area contributed by atoms with E-state index in [0.717, 1.165) is 32.4 Å². The van der Waals surface area contributed by atoms with E-state index in [2.05, 4.69) is 4.90 Å². The highest BCUT2D eigenvalue weighted by molar-refractivity contribution is 5.77. The van der Waals surface area contributed by atoms with Crippen LogP contribution in [0.4, 0.5) is 0 Å². The lowest BCUT2D eigenvalue weighted by atomic mass is 10.1. The van der Waals surface area contributed by atoms with Gasteiger partial charge in [-0.3, -0.25) is 9.69 Å². The summed E-state index contributed by atoms with van der Waals surface area (Å²) in [4.78, 5) is 16.4. The molecule has 1 aliphatic heterocycles. The van der Waals surface area contributed by atoms with Gasteiger partial charge in [0.05, 0.1) is 17.7 Å². The lowest BCUT2D eigenvalue weighted by molar-refractivity contribution is -0.135. The monoisotopic (exact) mass is 329 g/mol. The van der Waals surface area contributed by atoms with Crippen LogP contribution >= 0.6 is 0 Å². The number of benzene rings is 1. The first-order valence-electron chi connectivity index (χ1n) is 8.50. The molecule has 0 bridgehead atoms. The number of aliphatic hydroxyl groups excluding tert-OH is 1. The lowest BCUT2D eigenvalue weighted by Gasteiger charge is -2.39. The summed E-state index contributed by atoms with van der Waals surface area (Å²) >= 11 is 0. The summed E-state index contributed by atoms with van der Waals surface area (Å²) in [6.45, 7) is 2.99. The van der Waals surface area contributed by atoms with E-state index in [0.29, 0.717) is 24.4 Å². The summed E-state index contributed by atoms with van der Waals surface area (Å²) < 4.78 is 5.51. The fourth-order valence-electron chi connectivity index (χ4n) is 3.51. The normalized spacial score (nSPS) is 24.6. The fraction of sp³-hybridized carbons (Fsp3) is 0.556. The molecule has 0 unspecified atom stereocenters. The largest absolute Gasteiger partial charge is 0.484 e. The molecule has 0 spiro atoms. The molecule has 24 heavy (non-hydrogen) atoms. The predicted molar refractivity (Wildman–Crippen MR) is 88.5 cm³/mol. The maximum absolute atomic E-state index is 12.3. The van der Waals surface area contributed by atoms with E-state index in [9.17, 15) is 9.90 Å². The number of amides is 1. The van der Waals surface area contributed by atoms with Gasteiger partial charge >= 0.3 is 0 Å². The Balaban J connectivity index is 1.44. The Morgan fingerprint density at radius 3 is 2.50 bits per heavy atom. The van der Waals surface area contributed by atoms with Gasteiger partial charge in [0.25, 0.3) is 5.91 Å². The van der Waals surface area contributed by atoms with Crippen LogP contribution in [0.2, 0.25) is 0 Å². The number of ether oxygens (including phenoxy) is 1. The maximum Gasteiger partial charge on any atom is 0.260 e. The van der Waals surface area contributed by atoms with Gasteiger partial charge in [0.15, 0.2) is 6.61 Å². The smallest absolute Gasteiger partial charge is 0.260 e. The van der Waals surface area contributed by atoms with Gasteiger partial charge in [-0.25, -0.2) is 0 Å². The third-order valence-corrected chi connectivity index (χ3v) is 4.93. The van der Waals surface area contributed by atoms with Gasteiger partial charge in [0.1, 0.15) is 5.75 Å². The number of aliphatic hydroxyl groups is 1. The minimum atomic E-state index is -0.216. The third kappa shape index (κ3) is 3.86. The van der Waals surface area contributed by atoms with Gasteiger partial charge in [-0.05, 0) is 43.5 Å². The highest BCUT2D eigenvalue weighted by atomic mass is 16.5. The Hall–Kier alpha value is -2.10. The molecule has 6 heteroatoms. The SMILES string of the molecule is N#Cc1ccc(OCC(=O)N2CCN([C@H]3CCC[C@H]3O)CC2)cc1. The fourth-order valence-corrected chi connectivity index (χ4v) is 3.51. The molecule has 6 nitrogen and oxygen atoms in total.